The third kappa shape index (κ3) is 39.1. The lowest BCUT2D eigenvalue weighted by atomic mass is 10.0. The second kappa shape index (κ2) is 37.2. The largest absolute Gasteiger partial charge is 0.237 e. The monoisotopic (exact) mass is 622 g/mol. The quantitative estimate of drug-likeness (QED) is 0.0309. The Morgan fingerprint density at radius 2 is 0.410 bits per heavy atom. The summed E-state index contributed by atoms with van der Waals surface area (Å²) in [7, 11) is -1.34. The van der Waals surface area contributed by atoms with Crippen molar-refractivity contribution in [2.75, 3.05) is 5.75 Å². The van der Waals surface area contributed by atoms with Crippen molar-refractivity contribution in [1.82, 2.24) is 0 Å². The van der Waals surface area contributed by atoms with Gasteiger partial charge in [-0.15, -0.1) is 0 Å². The van der Waals surface area contributed by atoms with Gasteiger partial charge in [-0.05, 0) is 18.2 Å². The van der Waals surface area contributed by atoms with Gasteiger partial charge in [0.15, 0.2) is 0 Å². The molecule has 236 valence electrons. The average molecular weight is 624 g/mol. The zero-order chi connectivity index (χ0) is 28.3. The highest BCUT2D eigenvalue weighted by molar-refractivity contribution is 7.80. The molecule has 0 spiro atoms. The molecular weight excluding hydrogens is 551 g/mol. The molecule has 0 N–H and O–H groups in total. The van der Waals surface area contributed by atoms with Crippen LogP contribution in [0.3, 0.4) is 0 Å². The van der Waals surface area contributed by atoms with Gasteiger partial charge >= 0.3 is 0 Å². The normalized spacial score (nSPS) is 11.7. The molecule has 0 radical (unpaired) electrons. The van der Waals surface area contributed by atoms with Gasteiger partial charge in [-0.1, -0.05) is 205 Å². The molecule has 0 aliphatic carbocycles. The molecule has 4 heteroatoms. The van der Waals surface area contributed by atoms with E-state index < -0.39 is 7.42 Å². The second-order valence-electron chi connectivity index (χ2n) is 12.6. The van der Waals surface area contributed by atoms with Crippen molar-refractivity contribution in [1.29, 1.82) is 0 Å². The fourth-order valence-electron chi connectivity index (χ4n) is 5.89. The third-order valence-electron chi connectivity index (χ3n) is 8.58. The summed E-state index contributed by atoms with van der Waals surface area (Å²) >= 11 is 16.1. The molecule has 0 heterocycles. The summed E-state index contributed by atoms with van der Waals surface area (Å²) in [6.07, 6.45) is 47.8. The Kier molecular flexibility index (Phi) is 38.3. The summed E-state index contributed by atoms with van der Waals surface area (Å²) in [5.74, 6) is 1.07. The minimum atomic E-state index is -1.34. The first-order valence-electron chi connectivity index (χ1n) is 18.2. The van der Waals surface area contributed by atoms with Crippen LogP contribution >= 0.6 is 34.8 Å². The van der Waals surface area contributed by atoms with Gasteiger partial charge in [0.2, 0.25) is 7.42 Å². The van der Waals surface area contributed by atoms with Gasteiger partial charge in [0, 0.05) is 0 Å². The van der Waals surface area contributed by atoms with Crippen molar-refractivity contribution in [3.63, 3.8) is 0 Å². The lowest BCUT2D eigenvalue weighted by Crippen LogP contribution is -1.91. The first-order valence-corrected chi connectivity index (χ1v) is 23.1. The van der Waals surface area contributed by atoms with E-state index >= 15 is 0 Å². The molecule has 0 aliphatic heterocycles. The Labute approximate surface area is 264 Å². The summed E-state index contributed by atoms with van der Waals surface area (Å²) in [5, 5.41) is 0. The van der Waals surface area contributed by atoms with E-state index in [-0.39, 0.29) is 0 Å². The molecule has 0 rings (SSSR count). The predicted molar refractivity (Wildman–Crippen MR) is 190 cm³/mol. The fraction of sp³-hybridized carbons (Fsp3) is 1.00. The van der Waals surface area contributed by atoms with Crippen LogP contribution in [0.15, 0.2) is 0 Å². The number of hydrogen-bond donors (Lipinski definition) is 1. The van der Waals surface area contributed by atoms with E-state index in [4.69, 9.17) is 22.2 Å². The molecule has 0 saturated heterocycles. The molecule has 0 saturated carbocycles. The summed E-state index contributed by atoms with van der Waals surface area (Å²) in [4.78, 5) is 0. The molecule has 0 aromatic rings. The van der Waals surface area contributed by atoms with Gasteiger partial charge in [-0.2, -0.15) is 34.8 Å². The Morgan fingerprint density at radius 3 is 0.564 bits per heavy atom. The van der Waals surface area contributed by atoms with Gasteiger partial charge in [-0.3, -0.25) is 0 Å². The molecule has 0 fully saturated rings. The molecule has 0 unspecified atom stereocenters. The summed E-state index contributed by atoms with van der Waals surface area (Å²) in [6.45, 7) is 0. The number of hydrogen-bond acceptors (Lipinski definition) is 1. The van der Waals surface area contributed by atoms with Crippen molar-refractivity contribution in [2.24, 2.45) is 0 Å². The maximum Gasteiger partial charge on any atom is 0.237 e. The number of thiol groups is 1. The number of halogens is 2. The van der Waals surface area contributed by atoms with Crippen molar-refractivity contribution in [3.05, 3.63) is 0 Å². The van der Waals surface area contributed by atoms with Crippen LogP contribution in [0, 0.1) is 0 Å². The van der Waals surface area contributed by atoms with Gasteiger partial charge < -0.3 is 0 Å². The fourth-order valence-corrected chi connectivity index (χ4v) is 7.64. The number of unbranched alkanes of at least 4 members (excludes halogenated alkanes) is 32. The summed E-state index contributed by atoms with van der Waals surface area (Å²) in [6, 6.07) is 1.10. The zero-order valence-corrected chi connectivity index (χ0v) is 30.1. The predicted octanol–water partition coefficient (Wildman–Crippen LogP) is 14.5. The molecule has 0 nitrogen and oxygen atoms in total. The summed E-state index contributed by atoms with van der Waals surface area (Å²) in [5.41, 5.74) is 0. The Morgan fingerprint density at radius 1 is 0.256 bits per heavy atom. The maximum atomic E-state index is 5.91. The van der Waals surface area contributed by atoms with Gasteiger partial charge in [0.05, 0.1) is 0 Å². The molecule has 0 aliphatic rings. The highest BCUT2D eigenvalue weighted by Gasteiger charge is 2.01. The highest BCUT2D eigenvalue weighted by Crippen LogP contribution is 2.17. The van der Waals surface area contributed by atoms with Crippen LogP contribution in [0.1, 0.15) is 212 Å². The molecule has 0 aromatic carbocycles. The van der Waals surface area contributed by atoms with Crippen molar-refractivity contribution < 1.29 is 0 Å². The second-order valence-corrected chi connectivity index (χ2v) is 18.2. The Bertz CT molecular complexity index is 421. The average Bonchev–Trinajstić information content (AvgIpc) is 2.93. The van der Waals surface area contributed by atoms with E-state index in [0.717, 1.165) is 11.8 Å². The molecule has 0 aromatic heterocycles. The Hall–Kier alpha value is 1.15. The zero-order valence-electron chi connectivity index (χ0n) is 26.5. The minimum absolute atomic E-state index is 1.07. The van der Waals surface area contributed by atoms with E-state index in [9.17, 15) is 0 Å². The minimum Gasteiger partial charge on any atom is -0.179 e. The van der Waals surface area contributed by atoms with Crippen LogP contribution < -0.4 is 0 Å². The lowest BCUT2D eigenvalue weighted by Gasteiger charge is -2.05. The lowest BCUT2D eigenvalue weighted by molar-refractivity contribution is 0.512. The maximum absolute atomic E-state index is 5.91. The van der Waals surface area contributed by atoms with Crippen LogP contribution in [-0.2, 0) is 0 Å². The van der Waals surface area contributed by atoms with Gasteiger partial charge in [-0.25, -0.2) is 0 Å². The molecular formula is C35H72Cl2SSi. The molecule has 0 atom stereocenters. The first kappa shape index (κ1) is 40.1. The third-order valence-corrected chi connectivity index (χ3v) is 11.1. The van der Waals surface area contributed by atoms with E-state index in [1.165, 1.54) is 212 Å². The first-order chi connectivity index (χ1) is 19.3. The van der Waals surface area contributed by atoms with Crippen LogP contribution in [0.4, 0.5) is 0 Å². The van der Waals surface area contributed by atoms with Crippen LogP contribution in [-0.4, -0.2) is 13.2 Å². The number of rotatable bonds is 35. The van der Waals surface area contributed by atoms with E-state index in [0.29, 0.717) is 0 Å². The molecule has 0 bridgehead atoms. The smallest absolute Gasteiger partial charge is 0.179 e. The Balaban J connectivity index is 3.02. The van der Waals surface area contributed by atoms with Crippen molar-refractivity contribution in [3.8, 4) is 0 Å². The van der Waals surface area contributed by atoms with Crippen molar-refractivity contribution >= 4 is 42.2 Å². The molecule has 0 amide bonds. The van der Waals surface area contributed by atoms with E-state index in [1.54, 1.807) is 0 Å². The SMILES string of the molecule is SCCCCCCCCCCCCCCCCCCCCCCCCCCCCCCCCCCC[SiH](Cl)Cl. The van der Waals surface area contributed by atoms with E-state index in [1.807, 2.05) is 0 Å². The standard InChI is InChI=1S/C35H72Cl2SSi/c36-39(37)35-33-31-29-27-25-23-21-19-17-15-13-11-9-7-5-3-1-2-4-6-8-10-12-14-16-18-20-22-24-26-28-30-32-34-38/h38-39H,1-35H2. The van der Waals surface area contributed by atoms with Crippen LogP contribution in [0.2, 0.25) is 6.04 Å². The topological polar surface area (TPSA) is 0 Å². The molecule has 39 heavy (non-hydrogen) atoms. The van der Waals surface area contributed by atoms with Crippen LogP contribution in [0.5, 0.6) is 0 Å². The van der Waals surface area contributed by atoms with Gasteiger partial charge in [0.25, 0.3) is 0 Å². The van der Waals surface area contributed by atoms with Crippen LogP contribution in [0.25, 0.3) is 0 Å². The van der Waals surface area contributed by atoms with Crippen molar-refractivity contribution in [2.45, 2.75) is 218 Å². The summed E-state index contributed by atoms with van der Waals surface area (Å²) < 4.78 is 0. The van der Waals surface area contributed by atoms with E-state index in [2.05, 4.69) is 12.6 Å². The van der Waals surface area contributed by atoms with Gasteiger partial charge in [0.1, 0.15) is 0 Å². The highest BCUT2D eigenvalue weighted by atomic mass is 35.7.